The van der Waals surface area contributed by atoms with Crippen molar-refractivity contribution in [2.75, 3.05) is 26.8 Å². The second kappa shape index (κ2) is 9.65. The molecule has 0 fully saturated rings. The van der Waals surface area contributed by atoms with Gasteiger partial charge in [0.05, 0.1) is 4.90 Å². The van der Waals surface area contributed by atoms with Gasteiger partial charge in [-0.3, -0.25) is 4.79 Å². The number of nitrogens with zero attached hydrogens (tertiary/aromatic N) is 1. The normalized spacial score (nSPS) is 13.5. The summed E-state index contributed by atoms with van der Waals surface area (Å²) in [5.74, 6) is 0.416. The predicted molar refractivity (Wildman–Crippen MR) is 107 cm³/mol. The van der Waals surface area contributed by atoms with E-state index >= 15 is 0 Å². The molecule has 1 aliphatic rings. The molecule has 1 N–H and O–H groups in total. The van der Waals surface area contributed by atoms with Crippen LogP contribution in [0.3, 0.4) is 0 Å². The molecule has 12 heteroatoms. The number of halogens is 3. The highest BCUT2D eigenvalue weighted by Crippen LogP contribution is 2.31. The molecule has 0 aliphatic carbocycles. The summed E-state index contributed by atoms with van der Waals surface area (Å²) in [4.78, 5) is 13.5. The SMILES string of the molecule is CN(Cc1ccc2c(c1)OCCO2)C(=O)CCNS(=O)(=O)c1ccc(OC(F)(F)F)cc1. The van der Waals surface area contributed by atoms with Crippen LogP contribution >= 0.6 is 0 Å². The number of nitrogens with one attached hydrogen (secondary N) is 1. The van der Waals surface area contributed by atoms with Crippen molar-refractivity contribution in [3.63, 3.8) is 0 Å². The lowest BCUT2D eigenvalue weighted by molar-refractivity contribution is -0.274. The maximum Gasteiger partial charge on any atom is 0.573 e. The molecule has 2 aromatic carbocycles. The number of rotatable bonds is 8. The zero-order valence-corrected chi connectivity index (χ0v) is 17.8. The van der Waals surface area contributed by atoms with E-state index in [1.165, 1.54) is 4.90 Å². The Kier molecular flexibility index (Phi) is 7.14. The Hall–Kier alpha value is -2.99. The molecular formula is C20H21F3N2O6S. The summed E-state index contributed by atoms with van der Waals surface area (Å²) >= 11 is 0. The molecule has 0 unspecified atom stereocenters. The third kappa shape index (κ3) is 6.50. The van der Waals surface area contributed by atoms with Crippen molar-refractivity contribution < 1.29 is 40.6 Å². The minimum absolute atomic E-state index is 0.102. The third-order valence-electron chi connectivity index (χ3n) is 4.45. The van der Waals surface area contributed by atoms with Gasteiger partial charge < -0.3 is 19.1 Å². The molecule has 1 heterocycles. The molecule has 0 radical (unpaired) electrons. The van der Waals surface area contributed by atoms with Gasteiger partial charge in [0, 0.05) is 26.6 Å². The van der Waals surface area contributed by atoms with E-state index in [-0.39, 0.29) is 23.8 Å². The fourth-order valence-electron chi connectivity index (χ4n) is 2.94. The first-order chi connectivity index (χ1) is 15.0. The summed E-state index contributed by atoms with van der Waals surface area (Å²) in [6.07, 6.45) is -4.97. The number of hydrogen-bond acceptors (Lipinski definition) is 6. The molecule has 0 spiro atoms. The molecule has 0 saturated heterocycles. The van der Waals surface area contributed by atoms with Crippen molar-refractivity contribution in [3.8, 4) is 17.2 Å². The van der Waals surface area contributed by atoms with Crippen molar-refractivity contribution >= 4 is 15.9 Å². The predicted octanol–water partition coefficient (Wildman–Crippen LogP) is 2.68. The van der Waals surface area contributed by atoms with Crippen LogP contribution in [0.5, 0.6) is 17.2 Å². The van der Waals surface area contributed by atoms with Crippen molar-refractivity contribution in [1.82, 2.24) is 9.62 Å². The number of hydrogen-bond donors (Lipinski definition) is 1. The Morgan fingerprint density at radius 1 is 1.09 bits per heavy atom. The smallest absolute Gasteiger partial charge is 0.486 e. The zero-order valence-electron chi connectivity index (χ0n) is 17.0. The highest BCUT2D eigenvalue weighted by atomic mass is 32.2. The number of carbonyl (C=O) groups is 1. The van der Waals surface area contributed by atoms with E-state index in [2.05, 4.69) is 9.46 Å². The first-order valence-corrected chi connectivity index (χ1v) is 11.0. The first kappa shape index (κ1) is 23.7. The van der Waals surface area contributed by atoms with E-state index in [1.54, 1.807) is 19.2 Å². The van der Waals surface area contributed by atoms with Crippen LogP contribution in [0.15, 0.2) is 47.4 Å². The van der Waals surface area contributed by atoms with Crippen LogP contribution in [-0.2, 0) is 21.4 Å². The molecular weight excluding hydrogens is 453 g/mol. The van der Waals surface area contributed by atoms with Gasteiger partial charge in [-0.05, 0) is 42.0 Å². The molecule has 0 atom stereocenters. The Morgan fingerprint density at radius 3 is 2.41 bits per heavy atom. The van der Waals surface area contributed by atoms with Gasteiger partial charge in [-0.15, -0.1) is 13.2 Å². The Balaban J connectivity index is 1.50. The number of fused-ring (bicyclic) bond motifs is 1. The van der Waals surface area contributed by atoms with Crippen LogP contribution in [0.2, 0.25) is 0 Å². The fraction of sp³-hybridized carbons (Fsp3) is 0.350. The quantitative estimate of drug-likeness (QED) is 0.632. The molecule has 0 aromatic heterocycles. The molecule has 2 aromatic rings. The van der Waals surface area contributed by atoms with Crippen LogP contribution in [0.1, 0.15) is 12.0 Å². The molecule has 8 nitrogen and oxygen atoms in total. The van der Waals surface area contributed by atoms with E-state index in [0.29, 0.717) is 31.3 Å². The lowest BCUT2D eigenvalue weighted by atomic mass is 10.2. The number of ether oxygens (including phenoxy) is 3. The van der Waals surface area contributed by atoms with Gasteiger partial charge in [-0.25, -0.2) is 13.1 Å². The van der Waals surface area contributed by atoms with Crippen LogP contribution in [0, 0.1) is 0 Å². The number of carbonyl (C=O) groups excluding carboxylic acids is 1. The lowest BCUT2D eigenvalue weighted by Gasteiger charge is -2.21. The molecule has 32 heavy (non-hydrogen) atoms. The van der Waals surface area contributed by atoms with Crippen molar-refractivity contribution in [3.05, 3.63) is 48.0 Å². The van der Waals surface area contributed by atoms with E-state index in [0.717, 1.165) is 29.8 Å². The van der Waals surface area contributed by atoms with Crippen molar-refractivity contribution in [1.29, 1.82) is 0 Å². The van der Waals surface area contributed by atoms with Gasteiger partial charge in [0.15, 0.2) is 11.5 Å². The maximum atomic E-state index is 12.3. The summed E-state index contributed by atoms with van der Waals surface area (Å²) in [6.45, 7) is 1.05. The maximum absolute atomic E-state index is 12.3. The zero-order chi connectivity index (χ0) is 23.4. The highest BCUT2D eigenvalue weighted by Gasteiger charge is 2.31. The van der Waals surface area contributed by atoms with Gasteiger partial charge in [0.2, 0.25) is 15.9 Å². The standard InChI is InChI=1S/C20H21F3N2O6S/c1-25(13-14-2-7-17-18(12-14)30-11-10-29-17)19(26)8-9-24-32(27,28)16-5-3-15(4-6-16)31-20(21,22)23/h2-7,12,24H,8-11,13H2,1H3. The van der Waals surface area contributed by atoms with E-state index in [4.69, 9.17) is 9.47 Å². The average Bonchev–Trinajstić information content (AvgIpc) is 2.72. The summed E-state index contributed by atoms with van der Waals surface area (Å²) in [5, 5.41) is 0. The second-order valence-electron chi connectivity index (χ2n) is 6.89. The van der Waals surface area contributed by atoms with Gasteiger partial charge in [0.25, 0.3) is 0 Å². The first-order valence-electron chi connectivity index (χ1n) is 9.51. The van der Waals surface area contributed by atoms with Crippen LogP contribution in [0.25, 0.3) is 0 Å². The topological polar surface area (TPSA) is 94.2 Å². The fourth-order valence-corrected chi connectivity index (χ4v) is 3.97. The Morgan fingerprint density at radius 2 is 1.75 bits per heavy atom. The molecule has 0 saturated carbocycles. The van der Waals surface area contributed by atoms with E-state index < -0.39 is 22.1 Å². The van der Waals surface area contributed by atoms with E-state index in [9.17, 15) is 26.4 Å². The van der Waals surface area contributed by atoms with Gasteiger partial charge in [-0.2, -0.15) is 0 Å². The number of alkyl halides is 3. The number of amides is 1. The van der Waals surface area contributed by atoms with Gasteiger partial charge in [-0.1, -0.05) is 6.07 Å². The summed E-state index contributed by atoms with van der Waals surface area (Å²) in [7, 11) is -2.41. The van der Waals surface area contributed by atoms with Crippen molar-refractivity contribution in [2.24, 2.45) is 0 Å². The lowest BCUT2D eigenvalue weighted by Crippen LogP contribution is -2.32. The number of benzene rings is 2. The summed E-state index contributed by atoms with van der Waals surface area (Å²) < 4.78 is 78.1. The van der Waals surface area contributed by atoms with Crippen LogP contribution in [0.4, 0.5) is 13.2 Å². The van der Waals surface area contributed by atoms with Crippen LogP contribution in [-0.4, -0.2) is 52.4 Å². The molecule has 1 amide bonds. The second-order valence-corrected chi connectivity index (χ2v) is 8.66. The molecule has 3 rings (SSSR count). The van der Waals surface area contributed by atoms with E-state index in [1.807, 2.05) is 6.07 Å². The minimum Gasteiger partial charge on any atom is -0.486 e. The monoisotopic (exact) mass is 474 g/mol. The summed E-state index contributed by atoms with van der Waals surface area (Å²) in [6, 6.07) is 9.13. The van der Waals surface area contributed by atoms with Gasteiger partial charge in [0.1, 0.15) is 19.0 Å². The Labute approximate surface area is 182 Å². The Bertz CT molecular complexity index is 1060. The molecule has 0 bridgehead atoms. The van der Waals surface area contributed by atoms with Crippen LogP contribution < -0.4 is 18.9 Å². The largest absolute Gasteiger partial charge is 0.573 e. The van der Waals surface area contributed by atoms with Gasteiger partial charge >= 0.3 is 6.36 Å². The summed E-state index contributed by atoms with van der Waals surface area (Å²) in [5.41, 5.74) is 0.826. The molecule has 1 aliphatic heterocycles. The average molecular weight is 474 g/mol. The molecule has 174 valence electrons. The third-order valence-corrected chi connectivity index (χ3v) is 5.93. The van der Waals surface area contributed by atoms with Crippen molar-refractivity contribution in [2.45, 2.75) is 24.2 Å². The highest BCUT2D eigenvalue weighted by molar-refractivity contribution is 7.89. The number of sulfonamides is 1. The minimum atomic E-state index is -4.87.